The molecule has 0 unspecified atom stereocenters. The van der Waals surface area contributed by atoms with E-state index in [1.54, 1.807) is 20.8 Å². The summed E-state index contributed by atoms with van der Waals surface area (Å²) in [5.41, 5.74) is -2.26. The van der Waals surface area contributed by atoms with Crippen molar-refractivity contribution >= 4 is 18.1 Å². The number of esters is 2. The summed E-state index contributed by atoms with van der Waals surface area (Å²) < 4.78 is 48.6. The van der Waals surface area contributed by atoms with Crippen molar-refractivity contribution in [3.8, 4) is 0 Å². The van der Waals surface area contributed by atoms with Gasteiger partial charge in [0.1, 0.15) is 11.2 Å². The molecule has 0 fully saturated rings. The zero-order valence-corrected chi connectivity index (χ0v) is 12.3. The minimum Gasteiger partial charge on any atom is -0.460 e. The van der Waals surface area contributed by atoms with Crippen molar-refractivity contribution < 1.29 is 41.8 Å². The Morgan fingerprint density at radius 2 is 1.38 bits per heavy atom. The van der Waals surface area contributed by atoms with Gasteiger partial charge in [-0.15, -0.1) is 0 Å². The standard InChI is InChI=1S/C12H17F3O6/c1-10(2,3)20-7(16)6-11(4,5)21-9(18)19-8(17)12(13,14)15/h6H2,1-5H3. The highest BCUT2D eigenvalue weighted by molar-refractivity contribution is 5.85. The SMILES string of the molecule is CC(C)(C)OC(=O)CC(C)(C)OC(=O)OC(=O)C(F)(F)F. The lowest BCUT2D eigenvalue weighted by atomic mass is 10.1. The first-order valence-electron chi connectivity index (χ1n) is 5.86. The maximum atomic E-state index is 11.9. The quantitative estimate of drug-likeness (QED) is 0.589. The first-order chi connectivity index (χ1) is 9.12. The van der Waals surface area contributed by atoms with Gasteiger partial charge in [-0.2, -0.15) is 13.2 Å². The predicted octanol–water partition coefficient (Wildman–Crippen LogP) is 2.74. The van der Waals surface area contributed by atoms with Gasteiger partial charge in [0.25, 0.3) is 0 Å². The van der Waals surface area contributed by atoms with Crippen LogP contribution in [0.15, 0.2) is 0 Å². The second-order valence-electron chi connectivity index (χ2n) is 5.76. The molecule has 6 nitrogen and oxygen atoms in total. The van der Waals surface area contributed by atoms with Crippen molar-refractivity contribution in [2.45, 2.75) is 58.4 Å². The first kappa shape index (κ1) is 19.2. The smallest absolute Gasteiger partial charge is 0.460 e. The Kier molecular flexibility index (Phi) is 5.77. The van der Waals surface area contributed by atoms with E-state index in [9.17, 15) is 27.6 Å². The topological polar surface area (TPSA) is 78.9 Å². The average molecular weight is 314 g/mol. The van der Waals surface area contributed by atoms with Crippen LogP contribution in [0.3, 0.4) is 0 Å². The van der Waals surface area contributed by atoms with Crippen molar-refractivity contribution in [3.63, 3.8) is 0 Å². The molecule has 0 N–H and O–H groups in total. The van der Waals surface area contributed by atoms with E-state index in [0.717, 1.165) is 0 Å². The van der Waals surface area contributed by atoms with E-state index in [2.05, 4.69) is 9.47 Å². The summed E-state index contributed by atoms with van der Waals surface area (Å²) in [6, 6.07) is 0. The molecular weight excluding hydrogens is 297 g/mol. The van der Waals surface area contributed by atoms with E-state index in [1.165, 1.54) is 13.8 Å². The molecule has 0 spiro atoms. The van der Waals surface area contributed by atoms with E-state index in [0.29, 0.717) is 0 Å². The minimum absolute atomic E-state index is 0.417. The van der Waals surface area contributed by atoms with E-state index >= 15 is 0 Å². The van der Waals surface area contributed by atoms with Crippen molar-refractivity contribution in [2.24, 2.45) is 0 Å². The third-order valence-corrected chi connectivity index (χ3v) is 1.76. The third kappa shape index (κ3) is 8.87. The molecule has 0 aromatic heterocycles. The Bertz CT molecular complexity index is 420. The minimum atomic E-state index is -5.31. The molecule has 0 aromatic carbocycles. The second-order valence-corrected chi connectivity index (χ2v) is 5.76. The van der Waals surface area contributed by atoms with Crippen LogP contribution in [0.1, 0.15) is 41.0 Å². The predicted molar refractivity (Wildman–Crippen MR) is 63.2 cm³/mol. The normalized spacial score (nSPS) is 12.6. The largest absolute Gasteiger partial charge is 0.516 e. The van der Waals surface area contributed by atoms with Crippen LogP contribution in [0, 0.1) is 0 Å². The molecule has 0 rings (SSSR count). The number of carbonyl (C=O) groups excluding carboxylic acids is 3. The van der Waals surface area contributed by atoms with Gasteiger partial charge in [0.15, 0.2) is 0 Å². The molecular formula is C12H17F3O6. The van der Waals surface area contributed by atoms with Gasteiger partial charge in [-0.1, -0.05) is 0 Å². The van der Waals surface area contributed by atoms with Gasteiger partial charge in [-0.3, -0.25) is 4.79 Å². The molecule has 0 aliphatic rings. The molecule has 0 heterocycles. The highest BCUT2D eigenvalue weighted by Gasteiger charge is 2.43. The molecule has 0 aromatic rings. The number of ether oxygens (including phenoxy) is 3. The molecule has 122 valence electrons. The fourth-order valence-electron chi connectivity index (χ4n) is 1.14. The van der Waals surface area contributed by atoms with E-state index in [4.69, 9.17) is 4.74 Å². The van der Waals surface area contributed by atoms with Gasteiger partial charge in [-0.25, -0.2) is 9.59 Å². The Labute approximate surface area is 119 Å². The van der Waals surface area contributed by atoms with E-state index in [-0.39, 0.29) is 0 Å². The third-order valence-electron chi connectivity index (χ3n) is 1.76. The van der Waals surface area contributed by atoms with Gasteiger partial charge in [0, 0.05) is 0 Å². The average Bonchev–Trinajstić information content (AvgIpc) is 2.08. The van der Waals surface area contributed by atoms with Crippen LogP contribution in [0.25, 0.3) is 0 Å². The van der Waals surface area contributed by atoms with Crippen molar-refractivity contribution in [1.29, 1.82) is 0 Å². The maximum absolute atomic E-state index is 11.9. The van der Waals surface area contributed by atoms with Crippen LogP contribution in [0.5, 0.6) is 0 Å². The number of alkyl halides is 3. The summed E-state index contributed by atoms with van der Waals surface area (Å²) in [6.07, 6.45) is -7.57. The molecule has 0 saturated heterocycles. The zero-order valence-electron chi connectivity index (χ0n) is 12.3. The molecule has 0 amide bonds. The van der Waals surface area contributed by atoms with Gasteiger partial charge in [-0.05, 0) is 34.6 Å². The Morgan fingerprint density at radius 1 is 0.905 bits per heavy atom. The first-order valence-corrected chi connectivity index (χ1v) is 5.86. The molecule has 0 bridgehead atoms. The number of halogens is 3. The Balaban J connectivity index is 4.51. The van der Waals surface area contributed by atoms with E-state index < -0.39 is 41.9 Å². The zero-order chi connectivity index (χ0) is 17.1. The Morgan fingerprint density at radius 3 is 1.76 bits per heavy atom. The molecule has 0 radical (unpaired) electrons. The van der Waals surface area contributed by atoms with E-state index in [1.807, 2.05) is 0 Å². The molecule has 0 saturated carbocycles. The summed E-state index contributed by atoms with van der Waals surface area (Å²) in [7, 11) is 0. The molecule has 0 atom stereocenters. The summed E-state index contributed by atoms with van der Waals surface area (Å²) in [5.74, 6) is -3.41. The number of rotatable bonds is 3. The Hall–Kier alpha value is -1.80. The molecule has 21 heavy (non-hydrogen) atoms. The molecule has 0 aliphatic heterocycles. The number of hydrogen-bond acceptors (Lipinski definition) is 6. The lowest BCUT2D eigenvalue weighted by Crippen LogP contribution is -2.36. The van der Waals surface area contributed by atoms with Crippen LogP contribution in [-0.4, -0.2) is 35.5 Å². The molecule has 9 heteroatoms. The maximum Gasteiger partial charge on any atom is 0.516 e. The van der Waals surface area contributed by atoms with Crippen LogP contribution < -0.4 is 0 Å². The highest BCUT2D eigenvalue weighted by atomic mass is 19.4. The van der Waals surface area contributed by atoms with Crippen LogP contribution in [0.4, 0.5) is 18.0 Å². The fraction of sp³-hybridized carbons (Fsp3) is 0.750. The highest BCUT2D eigenvalue weighted by Crippen LogP contribution is 2.21. The summed E-state index contributed by atoms with van der Waals surface area (Å²) in [4.78, 5) is 33.0. The summed E-state index contributed by atoms with van der Waals surface area (Å²) >= 11 is 0. The number of hydrogen-bond donors (Lipinski definition) is 0. The lowest BCUT2D eigenvalue weighted by molar-refractivity contribution is -0.196. The fourth-order valence-corrected chi connectivity index (χ4v) is 1.14. The summed E-state index contributed by atoms with van der Waals surface area (Å²) in [5, 5.41) is 0. The molecule has 0 aliphatic carbocycles. The van der Waals surface area contributed by atoms with Gasteiger partial charge < -0.3 is 14.2 Å². The van der Waals surface area contributed by atoms with Crippen LogP contribution in [-0.2, 0) is 23.8 Å². The second kappa shape index (κ2) is 6.31. The van der Waals surface area contributed by atoms with Crippen molar-refractivity contribution in [2.75, 3.05) is 0 Å². The van der Waals surface area contributed by atoms with Crippen molar-refractivity contribution in [3.05, 3.63) is 0 Å². The van der Waals surface area contributed by atoms with Crippen LogP contribution >= 0.6 is 0 Å². The van der Waals surface area contributed by atoms with Gasteiger partial charge in [0.05, 0.1) is 6.42 Å². The lowest BCUT2D eigenvalue weighted by Gasteiger charge is -2.26. The van der Waals surface area contributed by atoms with Gasteiger partial charge in [0.2, 0.25) is 0 Å². The number of carbonyl (C=O) groups is 3. The monoisotopic (exact) mass is 314 g/mol. The van der Waals surface area contributed by atoms with Gasteiger partial charge >= 0.3 is 24.3 Å². The summed E-state index contributed by atoms with van der Waals surface area (Å²) in [6.45, 7) is 7.38. The van der Waals surface area contributed by atoms with Crippen LogP contribution in [0.2, 0.25) is 0 Å². The van der Waals surface area contributed by atoms with Crippen molar-refractivity contribution in [1.82, 2.24) is 0 Å².